The lowest BCUT2D eigenvalue weighted by Gasteiger charge is -2.55. The maximum atomic E-state index is 15.1. The Hall–Kier alpha value is -4.71. The Morgan fingerprint density at radius 3 is 1.79 bits per heavy atom. The van der Waals surface area contributed by atoms with Crippen LogP contribution in [0.4, 0.5) is 0 Å². The first kappa shape index (κ1) is 36.6. The first-order valence-corrected chi connectivity index (χ1v) is 21.6. The summed E-state index contributed by atoms with van der Waals surface area (Å²) in [5.41, 5.74) is 3.49. The number of carboxylic acid groups (broad SMARTS) is 2. The van der Waals surface area contributed by atoms with Gasteiger partial charge in [-0.3, -0.25) is 9.59 Å². The number of aliphatic carboxylic acids is 2. The first-order valence-electron chi connectivity index (χ1n) is 20.2. The maximum absolute atomic E-state index is 15.1. The molecule has 2 heterocycles. The monoisotopic (exact) mass is 788 g/mol. The number of nitrogens with zero attached hydrogens (tertiary/aromatic N) is 1. The lowest BCUT2D eigenvalue weighted by Crippen LogP contribution is -2.58. The van der Waals surface area contributed by atoms with Gasteiger partial charge in [-0.15, -0.1) is 0 Å². The van der Waals surface area contributed by atoms with Crippen LogP contribution in [0.15, 0.2) is 71.6 Å². The number of fused-ring (bicyclic) bond motifs is 12. The Balaban J connectivity index is 1.12. The van der Waals surface area contributed by atoms with E-state index in [9.17, 15) is 30.0 Å². The molecule has 0 amide bonds. The molecule has 2 fully saturated rings. The zero-order chi connectivity index (χ0) is 40.2. The smallest absolute Gasteiger partial charge is 0.312 e. The van der Waals surface area contributed by atoms with Crippen LogP contribution in [-0.4, -0.2) is 61.9 Å². The maximum Gasteiger partial charge on any atom is 0.312 e. The van der Waals surface area contributed by atoms with Gasteiger partial charge in [-0.25, -0.2) is 12.4 Å². The minimum atomic E-state index is -4.17. The van der Waals surface area contributed by atoms with Crippen LogP contribution >= 0.6 is 0 Å². The van der Waals surface area contributed by atoms with Crippen molar-refractivity contribution in [2.24, 2.45) is 22.7 Å². The summed E-state index contributed by atoms with van der Waals surface area (Å²) in [6.45, 7) is 7.60. The van der Waals surface area contributed by atoms with Gasteiger partial charge in [0, 0.05) is 32.6 Å². The molecule has 4 aliphatic rings. The summed E-state index contributed by atoms with van der Waals surface area (Å²) < 4.78 is 31.7. The standard InChI is InChI=1S/C46H48N2O8S/c1-43-17-15-39(49)45(3,41(51)52)37(43)13-9-24-19-34-29(22-31(24)43)28-21-26(11-12-33(28)47-34)57(55,56)48-35-8-6-5-7-27(35)30-23-32-25(20-36(30)48)10-14-38-44(32,2)18-16-40(50)46(38,4)42(53)54/h5-8,11-12,19-23,37-40,47,49-50H,9-10,13-18H2,1-4H3,(H,51,52)(H,53,54)/t37-,38-,39+,40+,43-,44-,45+,46+/m1/s1. The second-order valence-electron chi connectivity index (χ2n) is 18.5. The molecule has 0 saturated heterocycles. The number of aromatic nitrogens is 2. The highest BCUT2D eigenvalue weighted by Crippen LogP contribution is 2.59. The number of nitrogens with one attached hydrogen (secondary N) is 1. The third-order valence-corrected chi connectivity index (χ3v) is 17.7. The fourth-order valence-corrected chi connectivity index (χ4v) is 14.2. The van der Waals surface area contributed by atoms with Crippen molar-refractivity contribution in [3.05, 3.63) is 89.0 Å². The van der Waals surface area contributed by atoms with E-state index in [0.717, 1.165) is 54.8 Å². The van der Waals surface area contributed by atoms with Crippen LogP contribution in [-0.2, 0) is 43.3 Å². The molecular formula is C46H48N2O8S. The van der Waals surface area contributed by atoms with Crippen molar-refractivity contribution in [1.82, 2.24) is 8.96 Å². The Labute approximate surface area is 330 Å². The van der Waals surface area contributed by atoms with Gasteiger partial charge in [-0.05, 0) is 159 Å². The topological polar surface area (TPSA) is 170 Å². The molecule has 2 aromatic heterocycles. The number of hydrogen-bond acceptors (Lipinski definition) is 6. The molecule has 0 aliphatic heterocycles. The lowest BCUT2D eigenvalue weighted by atomic mass is 9.49. The third-order valence-electron chi connectivity index (χ3n) is 16.0. The molecule has 5 N–H and O–H groups in total. The minimum Gasteiger partial charge on any atom is -0.481 e. The number of rotatable bonds is 4. The van der Waals surface area contributed by atoms with Crippen LogP contribution in [0.25, 0.3) is 43.6 Å². The van der Waals surface area contributed by atoms with Gasteiger partial charge in [0.05, 0.1) is 39.0 Å². The third kappa shape index (κ3) is 4.56. The highest BCUT2D eigenvalue weighted by molar-refractivity contribution is 7.90. The Kier molecular flexibility index (Phi) is 7.52. The van der Waals surface area contributed by atoms with Gasteiger partial charge in [0.25, 0.3) is 10.0 Å². The van der Waals surface area contributed by atoms with Crippen molar-refractivity contribution in [2.75, 3.05) is 0 Å². The first-order chi connectivity index (χ1) is 27.0. The van der Waals surface area contributed by atoms with Gasteiger partial charge in [-0.1, -0.05) is 32.0 Å². The number of aliphatic hydroxyl groups excluding tert-OH is 2. The highest BCUT2D eigenvalue weighted by atomic mass is 32.2. The van der Waals surface area contributed by atoms with Crippen molar-refractivity contribution >= 4 is 65.6 Å². The van der Waals surface area contributed by atoms with Crippen LogP contribution in [0.1, 0.15) is 88.5 Å². The molecule has 0 radical (unpaired) electrons. The molecule has 0 spiro atoms. The number of aromatic amines is 1. The average molecular weight is 789 g/mol. The number of benzene rings is 4. The Morgan fingerprint density at radius 2 is 1.19 bits per heavy atom. The number of hydrogen-bond donors (Lipinski definition) is 5. The molecule has 296 valence electrons. The molecule has 57 heavy (non-hydrogen) atoms. The summed E-state index contributed by atoms with van der Waals surface area (Å²) >= 11 is 0. The highest BCUT2D eigenvalue weighted by Gasteiger charge is 2.61. The zero-order valence-corrected chi connectivity index (χ0v) is 33.4. The normalized spacial score (nSPS) is 32.5. The van der Waals surface area contributed by atoms with Crippen molar-refractivity contribution in [1.29, 1.82) is 0 Å². The molecule has 0 unspecified atom stereocenters. The Bertz CT molecular complexity index is 2880. The summed E-state index contributed by atoms with van der Waals surface area (Å²) in [6, 6.07) is 21.1. The van der Waals surface area contributed by atoms with E-state index in [1.54, 1.807) is 26.0 Å². The van der Waals surface area contributed by atoms with E-state index >= 15 is 8.42 Å². The van der Waals surface area contributed by atoms with Crippen LogP contribution in [0.5, 0.6) is 0 Å². The number of carboxylic acids is 2. The number of H-pyrrole nitrogens is 1. The molecule has 10 nitrogen and oxygen atoms in total. The van der Waals surface area contributed by atoms with E-state index in [0.29, 0.717) is 62.4 Å². The van der Waals surface area contributed by atoms with E-state index < -0.39 is 55.8 Å². The molecule has 4 aromatic carbocycles. The predicted molar refractivity (Wildman–Crippen MR) is 218 cm³/mol. The number of aryl methyl sites for hydroxylation is 2. The van der Waals surface area contributed by atoms with Crippen molar-refractivity contribution in [3.8, 4) is 0 Å². The van der Waals surface area contributed by atoms with Crippen LogP contribution < -0.4 is 0 Å². The fraction of sp³-hybridized carbons (Fsp3) is 0.435. The second kappa shape index (κ2) is 11.7. The molecule has 4 aliphatic carbocycles. The minimum absolute atomic E-state index is 0.142. The number of aliphatic hydroxyl groups is 2. The fourth-order valence-electron chi connectivity index (χ4n) is 12.7. The number of para-hydroxylation sites is 1. The predicted octanol–water partition coefficient (Wildman–Crippen LogP) is 7.80. The molecule has 11 heteroatoms. The van der Waals surface area contributed by atoms with E-state index in [2.05, 4.69) is 37.0 Å². The zero-order valence-electron chi connectivity index (χ0n) is 32.6. The van der Waals surface area contributed by atoms with Crippen LogP contribution in [0, 0.1) is 22.7 Å². The van der Waals surface area contributed by atoms with Crippen molar-refractivity contribution < 1.29 is 38.4 Å². The number of carbonyl (C=O) groups is 2. The second-order valence-corrected chi connectivity index (χ2v) is 20.3. The largest absolute Gasteiger partial charge is 0.481 e. The molecule has 10 rings (SSSR count). The summed E-state index contributed by atoms with van der Waals surface area (Å²) in [7, 11) is -4.17. The van der Waals surface area contributed by atoms with Crippen LogP contribution in [0.2, 0.25) is 0 Å². The van der Waals surface area contributed by atoms with Gasteiger partial charge < -0.3 is 25.4 Å². The molecular weight excluding hydrogens is 741 g/mol. The van der Waals surface area contributed by atoms with Crippen LogP contribution in [0.3, 0.4) is 0 Å². The molecule has 8 atom stereocenters. The van der Waals surface area contributed by atoms with Crippen molar-refractivity contribution in [3.63, 3.8) is 0 Å². The SMILES string of the molecule is C[C@@]1(C(=O)O)[C@@H](O)CC[C@]2(C)c3cc4c(cc3CC[C@@H]12)[nH]c1ccc(S(=O)(=O)n2c3ccccc3c3cc5c(cc32)CC[C@H]2[C@](C)(C(=O)O)[C@@H](O)CC[C@]52C)cc14. The average Bonchev–Trinajstić information content (AvgIpc) is 3.71. The van der Waals surface area contributed by atoms with Gasteiger partial charge in [-0.2, -0.15) is 0 Å². The van der Waals surface area contributed by atoms with Gasteiger partial charge in [0.1, 0.15) is 0 Å². The summed E-state index contributed by atoms with van der Waals surface area (Å²) in [5.74, 6) is -2.52. The van der Waals surface area contributed by atoms with E-state index in [4.69, 9.17) is 0 Å². The Morgan fingerprint density at radius 1 is 0.649 bits per heavy atom. The van der Waals surface area contributed by atoms with Gasteiger partial charge in [0.15, 0.2) is 0 Å². The van der Waals surface area contributed by atoms with Gasteiger partial charge in [0.2, 0.25) is 0 Å². The lowest BCUT2D eigenvalue weighted by molar-refractivity contribution is -0.172. The van der Waals surface area contributed by atoms with Crippen molar-refractivity contribution in [2.45, 2.75) is 107 Å². The van der Waals surface area contributed by atoms with E-state index in [1.807, 2.05) is 36.4 Å². The molecule has 0 bridgehead atoms. The summed E-state index contributed by atoms with van der Waals surface area (Å²) in [4.78, 5) is 29.0. The summed E-state index contributed by atoms with van der Waals surface area (Å²) in [6.07, 6.45) is 2.64. The van der Waals surface area contributed by atoms with E-state index in [-0.39, 0.29) is 16.7 Å². The molecule has 2 saturated carbocycles. The molecule has 6 aromatic rings. The summed E-state index contributed by atoms with van der Waals surface area (Å²) in [5, 5.41) is 46.0. The van der Waals surface area contributed by atoms with Gasteiger partial charge >= 0.3 is 11.9 Å². The van der Waals surface area contributed by atoms with E-state index in [1.165, 1.54) is 3.97 Å². The quantitative estimate of drug-likeness (QED) is 0.121.